The van der Waals surface area contributed by atoms with Gasteiger partial charge in [0.15, 0.2) is 11.6 Å². The Balaban J connectivity index is 2.20. The summed E-state index contributed by atoms with van der Waals surface area (Å²) in [6, 6.07) is 5.52. The van der Waals surface area contributed by atoms with E-state index in [1.54, 1.807) is 19.5 Å². The van der Waals surface area contributed by atoms with Crippen LogP contribution in [0.25, 0.3) is 22.4 Å². The number of fused-ring (bicyclic) bond motifs is 1. The molecule has 0 spiro atoms. The fraction of sp³-hybridized carbons (Fsp3) is 0.0833. The Kier molecular flexibility index (Phi) is 2.33. The zero-order chi connectivity index (χ0) is 12.5. The first-order valence-corrected chi connectivity index (χ1v) is 5.35. The molecule has 0 atom stereocenters. The van der Waals surface area contributed by atoms with Crippen molar-refractivity contribution in [3.63, 3.8) is 0 Å². The zero-order valence-corrected chi connectivity index (χ0v) is 9.60. The van der Waals surface area contributed by atoms with Crippen LogP contribution in [0.1, 0.15) is 0 Å². The molecule has 0 aliphatic rings. The van der Waals surface area contributed by atoms with Gasteiger partial charge >= 0.3 is 5.69 Å². The van der Waals surface area contributed by atoms with Crippen molar-refractivity contribution in [3.8, 4) is 17.1 Å². The van der Waals surface area contributed by atoms with E-state index in [0.717, 1.165) is 11.1 Å². The van der Waals surface area contributed by atoms with Gasteiger partial charge in [0.1, 0.15) is 0 Å². The summed E-state index contributed by atoms with van der Waals surface area (Å²) in [7, 11) is 1.56. The quantitative estimate of drug-likeness (QED) is 0.709. The summed E-state index contributed by atoms with van der Waals surface area (Å²) in [5, 5.41) is 0. The first-order chi connectivity index (χ1) is 8.78. The van der Waals surface area contributed by atoms with Crippen molar-refractivity contribution in [3.05, 3.63) is 41.1 Å². The fourth-order valence-corrected chi connectivity index (χ4v) is 1.81. The van der Waals surface area contributed by atoms with E-state index in [2.05, 4.69) is 19.9 Å². The number of benzene rings is 1. The molecular weight excluding hydrogens is 232 g/mol. The molecule has 0 fully saturated rings. The summed E-state index contributed by atoms with van der Waals surface area (Å²) in [5.41, 5.74) is 1.96. The van der Waals surface area contributed by atoms with Crippen LogP contribution in [0.4, 0.5) is 0 Å². The van der Waals surface area contributed by atoms with Crippen molar-refractivity contribution >= 4 is 11.0 Å². The monoisotopic (exact) mass is 242 g/mol. The summed E-state index contributed by atoms with van der Waals surface area (Å²) >= 11 is 0. The third-order valence-corrected chi connectivity index (χ3v) is 2.66. The molecule has 90 valence electrons. The van der Waals surface area contributed by atoms with Crippen molar-refractivity contribution in [1.82, 2.24) is 19.9 Å². The molecule has 0 radical (unpaired) electrons. The van der Waals surface area contributed by atoms with E-state index in [0.29, 0.717) is 17.1 Å². The number of ether oxygens (including phenoxy) is 1. The van der Waals surface area contributed by atoms with Gasteiger partial charge in [-0.3, -0.25) is 0 Å². The SMILES string of the molecule is COc1cnc(-c2cccc3[nH]c(=O)[nH]c23)nc1. The number of H-pyrrole nitrogens is 2. The van der Waals surface area contributed by atoms with E-state index in [4.69, 9.17) is 4.74 Å². The smallest absolute Gasteiger partial charge is 0.323 e. The summed E-state index contributed by atoms with van der Waals surface area (Å²) in [4.78, 5) is 25.1. The van der Waals surface area contributed by atoms with Crippen LogP contribution in [0.5, 0.6) is 5.75 Å². The minimum atomic E-state index is -0.244. The van der Waals surface area contributed by atoms with Crippen molar-refractivity contribution in [2.75, 3.05) is 7.11 Å². The highest BCUT2D eigenvalue weighted by Gasteiger charge is 2.08. The maximum atomic E-state index is 11.3. The highest BCUT2D eigenvalue weighted by atomic mass is 16.5. The van der Waals surface area contributed by atoms with E-state index in [9.17, 15) is 4.79 Å². The maximum absolute atomic E-state index is 11.3. The third kappa shape index (κ3) is 1.64. The first-order valence-electron chi connectivity index (χ1n) is 5.35. The molecule has 0 saturated heterocycles. The van der Waals surface area contributed by atoms with Crippen LogP contribution in [0.15, 0.2) is 35.4 Å². The molecule has 0 unspecified atom stereocenters. The maximum Gasteiger partial charge on any atom is 0.323 e. The van der Waals surface area contributed by atoms with Crippen molar-refractivity contribution < 1.29 is 4.74 Å². The third-order valence-electron chi connectivity index (χ3n) is 2.66. The average molecular weight is 242 g/mol. The highest BCUT2D eigenvalue weighted by Crippen LogP contribution is 2.22. The molecule has 6 heteroatoms. The van der Waals surface area contributed by atoms with Gasteiger partial charge in [-0.05, 0) is 12.1 Å². The second-order valence-electron chi connectivity index (χ2n) is 3.75. The van der Waals surface area contributed by atoms with Crippen LogP contribution < -0.4 is 10.4 Å². The fourth-order valence-electron chi connectivity index (χ4n) is 1.81. The molecule has 3 aromatic rings. The van der Waals surface area contributed by atoms with E-state index in [-0.39, 0.29) is 5.69 Å². The van der Waals surface area contributed by atoms with Gasteiger partial charge in [0.05, 0.1) is 30.5 Å². The predicted molar refractivity (Wildman–Crippen MR) is 66.5 cm³/mol. The Morgan fingerprint density at radius 2 is 1.94 bits per heavy atom. The molecule has 1 aromatic carbocycles. The van der Waals surface area contributed by atoms with E-state index >= 15 is 0 Å². The van der Waals surface area contributed by atoms with Gasteiger partial charge in [0.2, 0.25) is 0 Å². The minimum Gasteiger partial charge on any atom is -0.494 e. The van der Waals surface area contributed by atoms with Crippen molar-refractivity contribution in [1.29, 1.82) is 0 Å². The standard InChI is InChI=1S/C12H10N4O2/c1-18-7-5-13-11(14-6-7)8-3-2-4-9-10(8)16-12(17)15-9/h2-6H,1H3,(H2,15,16,17). The van der Waals surface area contributed by atoms with E-state index < -0.39 is 0 Å². The van der Waals surface area contributed by atoms with E-state index in [1.165, 1.54) is 0 Å². The molecule has 6 nitrogen and oxygen atoms in total. The minimum absolute atomic E-state index is 0.244. The number of methoxy groups -OCH3 is 1. The summed E-state index contributed by atoms with van der Waals surface area (Å²) in [6.45, 7) is 0. The number of hydrogen-bond acceptors (Lipinski definition) is 4. The number of nitrogens with zero attached hydrogens (tertiary/aromatic N) is 2. The number of imidazole rings is 1. The molecule has 0 bridgehead atoms. The number of nitrogens with one attached hydrogen (secondary N) is 2. The molecule has 2 aromatic heterocycles. The van der Waals surface area contributed by atoms with Crippen LogP contribution in [0.3, 0.4) is 0 Å². The molecule has 0 saturated carbocycles. The number of rotatable bonds is 2. The lowest BCUT2D eigenvalue weighted by atomic mass is 10.1. The Bertz CT molecular complexity index is 743. The van der Waals surface area contributed by atoms with Gasteiger partial charge in [-0.2, -0.15) is 0 Å². The summed E-state index contributed by atoms with van der Waals surface area (Å²) < 4.78 is 5.01. The molecule has 2 N–H and O–H groups in total. The average Bonchev–Trinajstić information content (AvgIpc) is 2.79. The van der Waals surface area contributed by atoms with Gasteiger partial charge in [-0.15, -0.1) is 0 Å². The Morgan fingerprint density at radius 1 is 1.17 bits per heavy atom. The number of para-hydroxylation sites is 1. The largest absolute Gasteiger partial charge is 0.494 e. The molecule has 2 heterocycles. The lowest BCUT2D eigenvalue weighted by Gasteiger charge is -2.02. The summed E-state index contributed by atoms with van der Waals surface area (Å²) in [6.07, 6.45) is 3.18. The molecule has 0 aliphatic heterocycles. The lowest BCUT2D eigenvalue weighted by molar-refractivity contribution is 0.411. The Hall–Kier alpha value is -2.63. The topological polar surface area (TPSA) is 83.7 Å². The number of aromatic amines is 2. The lowest BCUT2D eigenvalue weighted by Crippen LogP contribution is -1.99. The molecule has 0 amide bonds. The summed E-state index contributed by atoms with van der Waals surface area (Å²) in [5.74, 6) is 1.13. The first kappa shape index (κ1) is 10.5. The molecule has 0 aliphatic carbocycles. The van der Waals surface area contributed by atoms with Gasteiger partial charge in [0, 0.05) is 5.56 Å². The molecule has 3 rings (SSSR count). The number of aromatic nitrogens is 4. The van der Waals surface area contributed by atoms with Gasteiger partial charge in [-0.25, -0.2) is 14.8 Å². The highest BCUT2D eigenvalue weighted by molar-refractivity contribution is 5.89. The van der Waals surface area contributed by atoms with Gasteiger partial charge in [0.25, 0.3) is 0 Å². The predicted octanol–water partition coefficient (Wildman–Crippen LogP) is 1.32. The second-order valence-corrected chi connectivity index (χ2v) is 3.75. The van der Waals surface area contributed by atoms with Gasteiger partial charge < -0.3 is 14.7 Å². The van der Waals surface area contributed by atoms with Crippen LogP contribution in [0, 0.1) is 0 Å². The Morgan fingerprint density at radius 3 is 2.67 bits per heavy atom. The van der Waals surface area contributed by atoms with Crippen molar-refractivity contribution in [2.24, 2.45) is 0 Å². The van der Waals surface area contributed by atoms with E-state index in [1.807, 2.05) is 18.2 Å². The second kappa shape index (κ2) is 3.99. The van der Waals surface area contributed by atoms with Crippen LogP contribution >= 0.6 is 0 Å². The zero-order valence-electron chi connectivity index (χ0n) is 9.60. The van der Waals surface area contributed by atoms with Gasteiger partial charge in [-0.1, -0.05) is 6.07 Å². The Labute approximate surface area is 102 Å². The molecule has 18 heavy (non-hydrogen) atoms. The van der Waals surface area contributed by atoms with Crippen molar-refractivity contribution in [2.45, 2.75) is 0 Å². The number of hydrogen-bond donors (Lipinski definition) is 2. The van der Waals surface area contributed by atoms with Crippen LogP contribution in [-0.4, -0.2) is 27.0 Å². The van der Waals surface area contributed by atoms with Crippen LogP contribution in [-0.2, 0) is 0 Å². The normalized spacial score (nSPS) is 10.7. The molecular formula is C12H10N4O2. The van der Waals surface area contributed by atoms with Crippen LogP contribution in [0.2, 0.25) is 0 Å².